The molecule has 2 aromatic carbocycles. The van der Waals surface area contributed by atoms with Gasteiger partial charge in [-0.25, -0.2) is 8.42 Å². The fourth-order valence-corrected chi connectivity index (χ4v) is 4.73. The third kappa shape index (κ3) is 4.95. The number of benzene rings is 2. The summed E-state index contributed by atoms with van der Waals surface area (Å²) in [5.74, 6) is -0.638. The molecule has 1 saturated heterocycles. The fourth-order valence-electron chi connectivity index (χ4n) is 3.13. The van der Waals surface area contributed by atoms with E-state index in [-0.39, 0.29) is 42.4 Å². The van der Waals surface area contributed by atoms with Crippen molar-refractivity contribution >= 4 is 33.4 Å². The van der Waals surface area contributed by atoms with E-state index in [1.807, 2.05) is 19.1 Å². The van der Waals surface area contributed by atoms with Crippen LogP contribution in [0, 0.1) is 0 Å². The number of rotatable bonds is 6. The number of halogens is 1. The minimum absolute atomic E-state index is 0.0469. The first-order valence-corrected chi connectivity index (χ1v) is 11.1. The van der Waals surface area contributed by atoms with Gasteiger partial charge < -0.3 is 10.6 Å². The van der Waals surface area contributed by atoms with Crippen molar-refractivity contribution < 1.29 is 18.0 Å². The summed E-state index contributed by atoms with van der Waals surface area (Å²) in [6, 6.07) is 12.8. The zero-order chi connectivity index (χ0) is 21.0. The highest BCUT2D eigenvalue weighted by molar-refractivity contribution is 7.89. The molecule has 7 nitrogen and oxygen atoms in total. The Hall–Kier alpha value is -2.42. The summed E-state index contributed by atoms with van der Waals surface area (Å²) < 4.78 is 26.5. The molecule has 2 aromatic rings. The first kappa shape index (κ1) is 21.3. The van der Waals surface area contributed by atoms with Crippen molar-refractivity contribution in [2.75, 3.05) is 19.6 Å². The molecular weight excluding hydrogens is 414 g/mol. The Morgan fingerprint density at radius 1 is 1.24 bits per heavy atom. The molecule has 154 valence electrons. The predicted octanol–water partition coefficient (Wildman–Crippen LogP) is 2.34. The van der Waals surface area contributed by atoms with Crippen molar-refractivity contribution in [3.8, 4) is 0 Å². The van der Waals surface area contributed by atoms with Gasteiger partial charge in [-0.15, -0.1) is 0 Å². The average Bonchev–Trinajstić information content (AvgIpc) is 2.72. The van der Waals surface area contributed by atoms with Gasteiger partial charge in [0.1, 0.15) is 0 Å². The van der Waals surface area contributed by atoms with Crippen LogP contribution in [0.3, 0.4) is 0 Å². The molecule has 9 heteroatoms. The molecule has 3 rings (SSSR count). The SMILES string of the molecule is CC[C@@H](NC(=O)c1ccc(S(=O)(=O)N2CCNC(=O)C2)cc1)c1cccc(Cl)c1. The largest absolute Gasteiger partial charge is 0.354 e. The van der Waals surface area contributed by atoms with Crippen LogP contribution in [0.1, 0.15) is 35.3 Å². The molecule has 1 fully saturated rings. The second kappa shape index (κ2) is 8.94. The molecule has 0 bridgehead atoms. The maximum Gasteiger partial charge on any atom is 0.251 e. The highest BCUT2D eigenvalue weighted by Gasteiger charge is 2.29. The van der Waals surface area contributed by atoms with Gasteiger partial charge in [-0.2, -0.15) is 4.31 Å². The van der Waals surface area contributed by atoms with Crippen LogP contribution in [0.5, 0.6) is 0 Å². The number of hydrogen-bond acceptors (Lipinski definition) is 4. The zero-order valence-corrected chi connectivity index (χ0v) is 17.5. The van der Waals surface area contributed by atoms with E-state index in [0.717, 1.165) is 9.87 Å². The molecular formula is C20H22ClN3O4S. The number of sulfonamides is 1. The third-order valence-corrected chi connectivity index (χ3v) is 6.82. The van der Waals surface area contributed by atoms with E-state index in [1.165, 1.54) is 24.3 Å². The van der Waals surface area contributed by atoms with Crippen LogP contribution in [0.25, 0.3) is 0 Å². The number of nitrogens with one attached hydrogen (secondary N) is 2. The zero-order valence-electron chi connectivity index (χ0n) is 15.9. The van der Waals surface area contributed by atoms with Gasteiger partial charge in [-0.3, -0.25) is 9.59 Å². The van der Waals surface area contributed by atoms with Crippen molar-refractivity contribution in [1.82, 2.24) is 14.9 Å². The van der Waals surface area contributed by atoms with E-state index >= 15 is 0 Å². The summed E-state index contributed by atoms with van der Waals surface area (Å²) in [6.07, 6.45) is 0.676. The number of amides is 2. The number of carbonyl (C=O) groups is 2. The van der Waals surface area contributed by atoms with Crippen LogP contribution in [0.15, 0.2) is 53.4 Å². The number of piperazine rings is 1. The Labute approximate surface area is 175 Å². The molecule has 0 radical (unpaired) electrons. The predicted molar refractivity (Wildman–Crippen MR) is 110 cm³/mol. The lowest BCUT2D eigenvalue weighted by molar-refractivity contribution is -0.122. The van der Waals surface area contributed by atoms with Gasteiger partial charge in [-0.1, -0.05) is 30.7 Å². The molecule has 1 atom stereocenters. The summed E-state index contributed by atoms with van der Waals surface area (Å²) in [7, 11) is -3.79. The molecule has 1 aliphatic heterocycles. The van der Waals surface area contributed by atoms with Crippen molar-refractivity contribution in [2.45, 2.75) is 24.3 Å². The first-order chi connectivity index (χ1) is 13.8. The van der Waals surface area contributed by atoms with Crippen molar-refractivity contribution in [3.63, 3.8) is 0 Å². The quantitative estimate of drug-likeness (QED) is 0.728. The van der Waals surface area contributed by atoms with E-state index in [4.69, 9.17) is 11.6 Å². The van der Waals surface area contributed by atoms with Gasteiger partial charge in [0.15, 0.2) is 0 Å². The summed E-state index contributed by atoms with van der Waals surface area (Å²) >= 11 is 6.03. The summed E-state index contributed by atoms with van der Waals surface area (Å²) in [6.45, 7) is 2.24. The Bertz CT molecular complexity index is 1010. The molecule has 1 heterocycles. The van der Waals surface area contributed by atoms with Gasteiger partial charge in [0.05, 0.1) is 17.5 Å². The maximum absolute atomic E-state index is 12.7. The van der Waals surface area contributed by atoms with Crippen molar-refractivity contribution in [2.24, 2.45) is 0 Å². The van der Waals surface area contributed by atoms with E-state index in [1.54, 1.807) is 12.1 Å². The van der Waals surface area contributed by atoms with Gasteiger partial charge in [0.2, 0.25) is 15.9 Å². The van der Waals surface area contributed by atoms with Crippen LogP contribution in [-0.2, 0) is 14.8 Å². The number of carbonyl (C=O) groups excluding carboxylic acids is 2. The highest BCUT2D eigenvalue weighted by Crippen LogP contribution is 2.22. The van der Waals surface area contributed by atoms with E-state index in [0.29, 0.717) is 17.0 Å². The molecule has 0 unspecified atom stereocenters. The summed E-state index contributed by atoms with van der Waals surface area (Å²) in [4.78, 5) is 24.2. The Balaban J connectivity index is 1.73. The second-order valence-corrected chi connectivity index (χ2v) is 9.08. The molecule has 0 saturated carbocycles. The van der Waals surface area contributed by atoms with Crippen LogP contribution in [-0.4, -0.2) is 44.2 Å². The van der Waals surface area contributed by atoms with Gasteiger partial charge in [0.25, 0.3) is 5.91 Å². The van der Waals surface area contributed by atoms with Gasteiger partial charge in [0, 0.05) is 23.7 Å². The number of hydrogen-bond donors (Lipinski definition) is 2. The van der Waals surface area contributed by atoms with Crippen LogP contribution >= 0.6 is 11.6 Å². The van der Waals surface area contributed by atoms with E-state index < -0.39 is 10.0 Å². The smallest absolute Gasteiger partial charge is 0.251 e. The Morgan fingerprint density at radius 3 is 2.59 bits per heavy atom. The molecule has 0 aliphatic carbocycles. The number of nitrogens with zero attached hydrogens (tertiary/aromatic N) is 1. The van der Waals surface area contributed by atoms with Crippen LogP contribution in [0.2, 0.25) is 5.02 Å². The Kier molecular flexibility index (Phi) is 6.56. The third-order valence-electron chi connectivity index (χ3n) is 4.72. The molecule has 2 amide bonds. The first-order valence-electron chi connectivity index (χ1n) is 9.24. The van der Waals surface area contributed by atoms with Gasteiger partial charge in [-0.05, 0) is 48.4 Å². The highest BCUT2D eigenvalue weighted by atomic mass is 35.5. The summed E-state index contributed by atoms with van der Waals surface area (Å²) in [5, 5.41) is 6.13. The lowest BCUT2D eigenvalue weighted by Crippen LogP contribution is -2.49. The lowest BCUT2D eigenvalue weighted by atomic mass is 10.0. The minimum Gasteiger partial charge on any atom is -0.354 e. The molecule has 1 aliphatic rings. The molecule has 0 spiro atoms. The maximum atomic E-state index is 12.7. The standard InChI is InChI=1S/C20H22ClN3O4S/c1-2-18(15-4-3-5-16(21)12-15)23-20(26)14-6-8-17(9-7-14)29(27,28)24-11-10-22-19(25)13-24/h3-9,12,18H,2,10-11,13H2,1H3,(H,22,25)(H,23,26)/t18-/m1/s1. The van der Waals surface area contributed by atoms with Crippen LogP contribution < -0.4 is 10.6 Å². The molecule has 0 aromatic heterocycles. The fraction of sp³-hybridized carbons (Fsp3) is 0.300. The normalized spacial score (nSPS) is 16.1. The summed E-state index contributed by atoms with van der Waals surface area (Å²) in [5.41, 5.74) is 1.25. The average molecular weight is 436 g/mol. The van der Waals surface area contributed by atoms with Crippen molar-refractivity contribution in [3.05, 3.63) is 64.7 Å². The Morgan fingerprint density at radius 2 is 1.97 bits per heavy atom. The minimum atomic E-state index is -3.79. The van der Waals surface area contributed by atoms with E-state index in [9.17, 15) is 18.0 Å². The monoisotopic (exact) mass is 435 g/mol. The van der Waals surface area contributed by atoms with Crippen molar-refractivity contribution in [1.29, 1.82) is 0 Å². The van der Waals surface area contributed by atoms with Gasteiger partial charge >= 0.3 is 0 Å². The molecule has 29 heavy (non-hydrogen) atoms. The topological polar surface area (TPSA) is 95.6 Å². The van der Waals surface area contributed by atoms with E-state index in [2.05, 4.69) is 10.6 Å². The lowest BCUT2D eigenvalue weighted by Gasteiger charge is -2.26. The van der Waals surface area contributed by atoms with Crippen LogP contribution in [0.4, 0.5) is 0 Å². The second-order valence-electron chi connectivity index (χ2n) is 6.70. The molecule has 2 N–H and O–H groups in total.